The van der Waals surface area contributed by atoms with Crippen LogP contribution in [0.1, 0.15) is 33.1 Å². The Balaban J connectivity index is 3.82. The van der Waals surface area contributed by atoms with Crippen LogP contribution >= 0.6 is 0 Å². The third-order valence-electron chi connectivity index (χ3n) is 2.06. The highest BCUT2D eigenvalue weighted by Crippen LogP contribution is 2.01. The van der Waals surface area contributed by atoms with E-state index in [0.717, 1.165) is 12.8 Å². The Bertz CT molecular complexity index is 172. The van der Waals surface area contributed by atoms with Gasteiger partial charge >= 0.3 is 0 Å². The fourth-order valence-corrected chi connectivity index (χ4v) is 1.35. The number of hydrogen-bond acceptors (Lipinski definition) is 3. The van der Waals surface area contributed by atoms with E-state index in [1.807, 2.05) is 6.92 Å². The summed E-state index contributed by atoms with van der Waals surface area (Å²) >= 11 is 0. The highest BCUT2D eigenvalue weighted by Gasteiger charge is 2.14. The van der Waals surface area contributed by atoms with Crippen LogP contribution in [0.5, 0.6) is 0 Å². The molecule has 0 rings (SSSR count). The topological polar surface area (TPSA) is 66.6 Å². The summed E-state index contributed by atoms with van der Waals surface area (Å²) in [6, 6.07) is -0.0519. The van der Waals surface area contributed by atoms with E-state index in [-0.39, 0.29) is 11.9 Å². The Hall–Kier alpha value is -0.610. The predicted octanol–water partition coefficient (Wildman–Crippen LogP) is 0.343. The smallest absolute Gasteiger partial charge is 0.223 e. The van der Waals surface area contributed by atoms with Gasteiger partial charge in [0.15, 0.2) is 0 Å². The van der Waals surface area contributed by atoms with Crippen LogP contribution < -0.4 is 5.73 Å². The third kappa shape index (κ3) is 5.94. The monoisotopic (exact) mass is 202 g/mol. The maximum atomic E-state index is 11.5. The van der Waals surface area contributed by atoms with Crippen molar-refractivity contribution in [2.75, 3.05) is 13.6 Å². The number of nitrogens with two attached hydrogens (primary N) is 1. The lowest BCUT2D eigenvalue weighted by molar-refractivity contribution is -0.131. The molecule has 2 unspecified atom stereocenters. The Labute approximate surface area is 86.1 Å². The second-order valence-electron chi connectivity index (χ2n) is 3.88. The number of rotatable bonds is 6. The summed E-state index contributed by atoms with van der Waals surface area (Å²) in [5, 5.41) is 9.08. The van der Waals surface area contributed by atoms with Crippen LogP contribution in [0.4, 0.5) is 0 Å². The standard InChI is InChI=1S/C10H22N2O2/c1-4-5-9(11)6-10(14)12(3)7-8(2)13/h8-9,13H,4-7,11H2,1-3H3. The molecule has 0 aliphatic heterocycles. The Morgan fingerprint density at radius 1 is 1.57 bits per heavy atom. The first-order chi connectivity index (χ1) is 6.47. The molecule has 0 aromatic carbocycles. The minimum atomic E-state index is -0.480. The summed E-state index contributed by atoms with van der Waals surface area (Å²) in [5.74, 6) is 0.00634. The number of nitrogens with zero attached hydrogens (tertiary/aromatic N) is 1. The van der Waals surface area contributed by atoms with E-state index >= 15 is 0 Å². The molecule has 0 aromatic heterocycles. The van der Waals surface area contributed by atoms with Gasteiger partial charge in [0.2, 0.25) is 5.91 Å². The van der Waals surface area contributed by atoms with Gasteiger partial charge in [0.25, 0.3) is 0 Å². The molecular formula is C10H22N2O2. The van der Waals surface area contributed by atoms with Gasteiger partial charge in [0.1, 0.15) is 0 Å². The number of aliphatic hydroxyl groups is 1. The van der Waals surface area contributed by atoms with Gasteiger partial charge in [0, 0.05) is 26.1 Å². The van der Waals surface area contributed by atoms with Gasteiger partial charge in [-0.3, -0.25) is 4.79 Å². The first kappa shape index (κ1) is 13.4. The molecule has 0 fully saturated rings. The highest BCUT2D eigenvalue weighted by molar-refractivity contribution is 5.76. The van der Waals surface area contributed by atoms with Gasteiger partial charge in [-0.2, -0.15) is 0 Å². The molecule has 3 N–H and O–H groups in total. The average Bonchev–Trinajstić information content (AvgIpc) is 2.02. The molecule has 2 atom stereocenters. The molecule has 0 saturated carbocycles. The van der Waals surface area contributed by atoms with E-state index in [9.17, 15) is 4.79 Å². The molecular weight excluding hydrogens is 180 g/mol. The van der Waals surface area contributed by atoms with Crippen molar-refractivity contribution in [3.63, 3.8) is 0 Å². The largest absolute Gasteiger partial charge is 0.392 e. The first-order valence-corrected chi connectivity index (χ1v) is 5.15. The number of likely N-dealkylation sites (N-methyl/N-ethyl adjacent to an activating group) is 1. The molecule has 4 heteroatoms. The van der Waals surface area contributed by atoms with E-state index in [1.54, 1.807) is 14.0 Å². The van der Waals surface area contributed by atoms with E-state index < -0.39 is 6.10 Å². The van der Waals surface area contributed by atoms with Gasteiger partial charge in [0.05, 0.1) is 6.10 Å². The van der Waals surface area contributed by atoms with E-state index in [0.29, 0.717) is 13.0 Å². The molecule has 0 saturated heterocycles. The van der Waals surface area contributed by atoms with Crippen LogP contribution in [0.15, 0.2) is 0 Å². The van der Waals surface area contributed by atoms with Gasteiger partial charge in [-0.1, -0.05) is 13.3 Å². The lowest BCUT2D eigenvalue weighted by Gasteiger charge is -2.20. The van der Waals surface area contributed by atoms with Gasteiger partial charge in [-0.05, 0) is 13.3 Å². The zero-order chi connectivity index (χ0) is 11.1. The molecule has 1 amide bonds. The number of carbonyl (C=O) groups excluding carboxylic acids is 1. The van der Waals surface area contributed by atoms with Crippen molar-refractivity contribution < 1.29 is 9.90 Å². The summed E-state index contributed by atoms with van der Waals surface area (Å²) in [6.07, 6.45) is 1.76. The van der Waals surface area contributed by atoms with Crippen LogP contribution in [0.2, 0.25) is 0 Å². The summed E-state index contributed by atoms with van der Waals surface area (Å²) in [6.45, 7) is 4.08. The number of carbonyl (C=O) groups is 1. The summed E-state index contributed by atoms with van der Waals surface area (Å²) < 4.78 is 0. The number of aliphatic hydroxyl groups excluding tert-OH is 1. The zero-order valence-electron chi connectivity index (χ0n) is 9.36. The number of amides is 1. The van der Waals surface area contributed by atoms with Crippen LogP contribution in [-0.2, 0) is 4.79 Å². The summed E-state index contributed by atoms with van der Waals surface area (Å²) in [5.41, 5.74) is 5.74. The first-order valence-electron chi connectivity index (χ1n) is 5.15. The zero-order valence-corrected chi connectivity index (χ0v) is 9.36. The summed E-state index contributed by atoms with van der Waals surface area (Å²) in [4.78, 5) is 13.0. The maximum Gasteiger partial charge on any atom is 0.223 e. The molecule has 0 radical (unpaired) electrons. The fourth-order valence-electron chi connectivity index (χ4n) is 1.35. The van der Waals surface area contributed by atoms with Crippen molar-refractivity contribution in [1.82, 2.24) is 4.90 Å². The Morgan fingerprint density at radius 3 is 2.57 bits per heavy atom. The molecule has 0 aliphatic rings. The second kappa shape index (κ2) is 6.79. The molecule has 0 spiro atoms. The molecule has 0 aliphatic carbocycles. The minimum absolute atomic E-state index is 0.00634. The maximum absolute atomic E-state index is 11.5. The van der Waals surface area contributed by atoms with Crippen molar-refractivity contribution in [3.8, 4) is 0 Å². The molecule has 4 nitrogen and oxygen atoms in total. The summed E-state index contributed by atoms with van der Waals surface area (Å²) in [7, 11) is 1.69. The third-order valence-corrected chi connectivity index (χ3v) is 2.06. The normalized spacial score (nSPS) is 14.9. The minimum Gasteiger partial charge on any atom is -0.392 e. The number of hydrogen-bond donors (Lipinski definition) is 2. The molecule has 84 valence electrons. The predicted molar refractivity (Wildman–Crippen MR) is 56.8 cm³/mol. The van der Waals surface area contributed by atoms with Gasteiger partial charge < -0.3 is 15.7 Å². The van der Waals surface area contributed by atoms with E-state index in [4.69, 9.17) is 10.8 Å². The Morgan fingerprint density at radius 2 is 2.14 bits per heavy atom. The van der Waals surface area contributed by atoms with Crippen molar-refractivity contribution in [2.45, 2.75) is 45.3 Å². The molecule has 0 heterocycles. The lowest BCUT2D eigenvalue weighted by Crippen LogP contribution is -2.36. The second-order valence-corrected chi connectivity index (χ2v) is 3.88. The van der Waals surface area contributed by atoms with Crippen LogP contribution in [0, 0.1) is 0 Å². The fraction of sp³-hybridized carbons (Fsp3) is 0.900. The van der Waals surface area contributed by atoms with Crippen LogP contribution in [-0.4, -0.2) is 41.7 Å². The quantitative estimate of drug-likeness (QED) is 0.653. The van der Waals surface area contributed by atoms with Crippen LogP contribution in [0.25, 0.3) is 0 Å². The van der Waals surface area contributed by atoms with Crippen LogP contribution in [0.3, 0.4) is 0 Å². The Kier molecular flexibility index (Phi) is 6.49. The average molecular weight is 202 g/mol. The van der Waals surface area contributed by atoms with E-state index in [1.165, 1.54) is 4.90 Å². The van der Waals surface area contributed by atoms with E-state index in [2.05, 4.69) is 0 Å². The SMILES string of the molecule is CCCC(N)CC(=O)N(C)CC(C)O. The van der Waals surface area contributed by atoms with Crippen molar-refractivity contribution in [3.05, 3.63) is 0 Å². The van der Waals surface area contributed by atoms with Gasteiger partial charge in [-0.25, -0.2) is 0 Å². The van der Waals surface area contributed by atoms with Crippen molar-refractivity contribution >= 4 is 5.91 Å². The van der Waals surface area contributed by atoms with Crippen molar-refractivity contribution in [1.29, 1.82) is 0 Å². The van der Waals surface area contributed by atoms with Crippen molar-refractivity contribution in [2.24, 2.45) is 5.73 Å². The molecule has 0 bridgehead atoms. The lowest BCUT2D eigenvalue weighted by atomic mass is 10.1. The highest BCUT2D eigenvalue weighted by atomic mass is 16.3. The molecule has 14 heavy (non-hydrogen) atoms. The molecule has 0 aromatic rings. The van der Waals surface area contributed by atoms with Gasteiger partial charge in [-0.15, -0.1) is 0 Å².